The van der Waals surface area contributed by atoms with Crippen molar-refractivity contribution in [3.05, 3.63) is 28.8 Å². The Kier molecular flexibility index (Phi) is 8.88. The van der Waals surface area contributed by atoms with E-state index in [2.05, 4.69) is 11.8 Å². The van der Waals surface area contributed by atoms with Crippen molar-refractivity contribution < 1.29 is 29.3 Å². The van der Waals surface area contributed by atoms with E-state index < -0.39 is 35.6 Å². The zero-order valence-corrected chi connectivity index (χ0v) is 25.1. The summed E-state index contributed by atoms with van der Waals surface area (Å²) in [5, 5.41) is 22.9. The molecule has 216 valence electrons. The average Bonchev–Trinajstić information content (AvgIpc) is 3.31. The van der Waals surface area contributed by atoms with E-state index in [4.69, 9.17) is 14.5 Å². The summed E-state index contributed by atoms with van der Waals surface area (Å²) in [4.78, 5) is 33.3. The second-order valence-electron chi connectivity index (χ2n) is 12.7. The minimum Gasteiger partial charge on any atom is -0.457 e. The van der Waals surface area contributed by atoms with Crippen LogP contribution < -0.4 is 0 Å². The minimum absolute atomic E-state index is 0.0688. The number of ether oxygens (including phenoxy) is 2. The van der Waals surface area contributed by atoms with E-state index in [0.717, 1.165) is 46.6 Å². The van der Waals surface area contributed by atoms with E-state index in [1.54, 1.807) is 32.1 Å². The average molecular weight is 561 g/mol. The molecule has 1 aromatic carbocycles. The molecule has 0 spiro atoms. The summed E-state index contributed by atoms with van der Waals surface area (Å²) in [5.41, 5.74) is 0.169. The highest BCUT2D eigenvalue weighted by molar-refractivity contribution is 7.18. The lowest BCUT2D eigenvalue weighted by atomic mass is 9.73. The topological polar surface area (TPSA) is 112 Å². The lowest BCUT2D eigenvalue weighted by Crippen LogP contribution is -2.45. The first-order valence-corrected chi connectivity index (χ1v) is 14.8. The second-order valence-corrected chi connectivity index (χ2v) is 13.8. The van der Waals surface area contributed by atoms with Crippen molar-refractivity contribution in [2.45, 2.75) is 103 Å². The molecule has 2 fully saturated rings. The Morgan fingerprint density at radius 3 is 2.56 bits per heavy atom. The van der Waals surface area contributed by atoms with Crippen molar-refractivity contribution in [2.75, 3.05) is 14.1 Å². The number of Topliss-reactive ketones (excluding diaryl/α,β-unsaturated/α-hetero) is 1. The highest BCUT2D eigenvalue weighted by atomic mass is 32.1. The zero-order chi connectivity index (χ0) is 28.7. The predicted octanol–water partition coefficient (Wildman–Crippen LogP) is 4.65. The van der Waals surface area contributed by atoms with Crippen molar-refractivity contribution in [1.82, 2.24) is 9.88 Å². The van der Waals surface area contributed by atoms with Gasteiger partial charge in [-0.1, -0.05) is 40.2 Å². The van der Waals surface area contributed by atoms with E-state index >= 15 is 0 Å². The molecule has 2 saturated heterocycles. The van der Waals surface area contributed by atoms with Gasteiger partial charge in [0.25, 0.3) is 0 Å². The van der Waals surface area contributed by atoms with Crippen LogP contribution in [0.15, 0.2) is 18.2 Å². The monoisotopic (exact) mass is 560 g/mol. The van der Waals surface area contributed by atoms with Crippen LogP contribution in [0.4, 0.5) is 0 Å². The predicted molar refractivity (Wildman–Crippen MR) is 151 cm³/mol. The number of rotatable bonds is 3. The molecule has 2 aliphatic heterocycles. The summed E-state index contributed by atoms with van der Waals surface area (Å²) in [6.45, 7) is 9.76. The first-order chi connectivity index (χ1) is 18.2. The Labute approximate surface area is 235 Å². The number of carbonyl (C=O) groups is 2. The van der Waals surface area contributed by atoms with Crippen molar-refractivity contribution in [2.24, 2.45) is 17.3 Å². The number of epoxide rings is 1. The number of aromatic nitrogens is 1. The molecule has 39 heavy (non-hydrogen) atoms. The van der Waals surface area contributed by atoms with E-state index in [1.807, 2.05) is 39.2 Å². The van der Waals surface area contributed by atoms with E-state index in [-0.39, 0.29) is 29.8 Å². The van der Waals surface area contributed by atoms with Crippen molar-refractivity contribution in [3.8, 4) is 0 Å². The second kappa shape index (κ2) is 11.5. The molecule has 7 unspecified atom stereocenters. The number of nitrogens with zero attached hydrogens (tertiary/aromatic N) is 2. The Bertz CT molecular complexity index is 1200. The molecule has 2 aliphatic rings. The summed E-state index contributed by atoms with van der Waals surface area (Å²) < 4.78 is 13.2. The number of thiazole rings is 1. The number of carbonyl (C=O) groups excluding carboxylic acids is 2. The maximum Gasteiger partial charge on any atom is 0.309 e. The van der Waals surface area contributed by atoms with Crippen molar-refractivity contribution >= 4 is 33.3 Å². The number of aliphatic hydroxyl groups excluding tert-OH is 2. The molecule has 0 radical (unpaired) electrons. The third-order valence-corrected chi connectivity index (χ3v) is 9.71. The number of aliphatic hydroxyl groups is 2. The molecular formula is C30H44N2O6S. The van der Waals surface area contributed by atoms with Gasteiger partial charge in [0.1, 0.15) is 16.9 Å². The summed E-state index contributed by atoms with van der Waals surface area (Å²) in [6, 6.07) is 5.98. The highest BCUT2D eigenvalue weighted by Gasteiger charge is 2.53. The normalized spacial score (nSPS) is 34.6. The van der Waals surface area contributed by atoms with Crippen LogP contribution in [0.3, 0.4) is 0 Å². The lowest BCUT2D eigenvalue weighted by Gasteiger charge is -2.34. The molecule has 2 aromatic rings. The quantitative estimate of drug-likeness (QED) is 0.412. The zero-order valence-electron chi connectivity index (χ0n) is 24.3. The lowest BCUT2D eigenvalue weighted by molar-refractivity contribution is -0.156. The molecule has 1 aromatic heterocycles. The summed E-state index contributed by atoms with van der Waals surface area (Å²) in [6.07, 6.45) is -0.0841. The van der Waals surface area contributed by atoms with Gasteiger partial charge in [-0.05, 0) is 57.5 Å². The number of hydrogen-bond donors (Lipinski definition) is 2. The fourth-order valence-corrected chi connectivity index (χ4v) is 6.82. The fraction of sp³-hybridized carbons (Fsp3) is 0.700. The molecule has 3 heterocycles. The van der Waals surface area contributed by atoms with Gasteiger partial charge in [0.15, 0.2) is 0 Å². The van der Waals surface area contributed by atoms with Gasteiger partial charge < -0.3 is 24.6 Å². The molecule has 9 heteroatoms. The van der Waals surface area contributed by atoms with Gasteiger partial charge in [-0.2, -0.15) is 0 Å². The summed E-state index contributed by atoms with van der Waals surface area (Å²) in [7, 11) is 4.02. The molecule has 2 N–H and O–H groups in total. The van der Waals surface area contributed by atoms with Gasteiger partial charge >= 0.3 is 5.97 Å². The molecule has 4 rings (SSSR count). The summed E-state index contributed by atoms with van der Waals surface area (Å²) in [5.74, 6) is -1.57. The molecule has 0 saturated carbocycles. The number of ketones is 1. The molecule has 8 nitrogen and oxygen atoms in total. The Morgan fingerprint density at radius 2 is 1.87 bits per heavy atom. The SMILES string of the molecule is CC1CCCC2(C)OC2CC(c2ccc3sc(CN(C)C)nc3c2)OC(=O)CC(O)C(C)(C)C(=O)C(C)C1O. The van der Waals surface area contributed by atoms with Gasteiger partial charge in [0.05, 0.1) is 46.0 Å². The van der Waals surface area contributed by atoms with Gasteiger partial charge in [-0.3, -0.25) is 9.59 Å². The Hall–Kier alpha value is -1.91. The standard InChI is InChI=1S/C30H44N2O6S/c1-17-9-8-12-30(5)24(38-30)14-21(19-10-11-22-20(13-19)31-25(39-22)16-32(6)7)37-26(34)15-23(33)29(3,4)28(36)18(2)27(17)35/h10-11,13,17-18,21,23-24,27,33,35H,8-9,12,14-16H2,1-7H3. The van der Waals surface area contributed by atoms with Crippen LogP contribution in [0, 0.1) is 17.3 Å². The molecule has 0 amide bonds. The van der Waals surface area contributed by atoms with Crippen LogP contribution in [0.2, 0.25) is 0 Å². The molecular weight excluding hydrogens is 516 g/mol. The number of cyclic esters (lactones) is 1. The smallest absolute Gasteiger partial charge is 0.309 e. The van der Waals surface area contributed by atoms with Gasteiger partial charge in [-0.25, -0.2) is 4.98 Å². The van der Waals surface area contributed by atoms with Gasteiger partial charge in [0.2, 0.25) is 0 Å². The highest BCUT2D eigenvalue weighted by Crippen LogP contribution is 2.47. The van der Waals surface area contributed by atoms with Gasteiger partial charge in [-0.15, -0.1) is 11.3 Å². The van der Waals surface area contributed by atoms with Crippen LogP contribution in [0.25, 0.3) is 10.2 Å². The number of benzene rings is 1. The largest absolute Gasteiger partial charge is 0.457 e. The van der Waals surface area contributed by atoms with Crippen LogP contribution in [0.1, 0.15) is 83.4 Å². The minimum atomic E-state index is -1.24. The summed E-state index contributed by atoms with van der Waals surface area (Å²) >= 11 is 1.65. The maximum absolute atomic E-state index is 13.3. The van der Waals surface area contributed by atoms with Crippen molar-refractivity contribution in [3.63, 3.8) is 0 Å². The first-order valence-electron chi connectivity index (χ1n) is 14.0. The third kappa shape index (κ3) is 6.70. The number of hydrogen-bond acceptors (Lipinski definition) is 9. The first kappa shape index (κ1) is 30.1. The van der Waals surface area contributed by atoms with E-state index in [9.17, 15) is 19.8 Å². The van der Waals surface area contributed by atoms with Crippen LogP contribution >= 0.6 is 11.3 Å². The fourth-order valence-electron chi connectivity index (χ4n) is 5.75. The van der Waals surface area contributed by atoms with Gasteiger partial charge in [0, 0.05) is 18.9 Å². The van der Waals surface area contributed by atoms with Crippen molar-refractivity contribution in [1.29, 1.82) is 0 Å². The van der Waals surface area contributed by atoms with E-state index in [0.29, 0.717) is 6.42 Å². The molecule has 0 aliphatic carbocycles. The van der Waals surface area contributed by atoms with Crippen LogP contribution in [-0.4, -0.2) is 69.9 Å². The van der Waals surface area contributed by atoms with E-state index in [1.165, 1.54) is 0 Å². The Morgan fingerprint density at radius 1 is 1.15 bits per heavy atom. The number of esters is 1. The van der Waals surface area contributed by atoms with Crippen LogP contribution in [-0.2, 0) is 25.6 Å². The third-order valence-electron chi connectivity index (χ3n) is 8.69. The maximum atomic E-state index is 13.3. The number of fused-ring (bicyclic) bond motifs is 2. The molecule has 7 atom stereocenters. The Balaban J connectivity index is 1.61. The molecule has 0 bridgehead atoms. The van der Waals surface area contributed by atoms with Crippen LogP contribution in [0.5, 0.6) is 0 Å².